The number of amides is 2. The third-order valence-corrected chi connectivity index (χ3v) is 18.5. The number of nitrogens with zero attached hydrogens (tertiary/aromatic N) is 24. The molecule has 0 bridgehead atoms. The second-order valence-corrected chi connectivity index (χ2v) is 34.5. The number of urea groups is 1. The van der Waals surface area contributed by atoms with Crippen molar-refractivity contribution in [2.75, 3.05) is 19.6 Å². The minimum atomic E-state index is -0.0845. The molecule has 6 N–H and O–H groups in total. The third-order valence-electron chi connectivity index (χ3n) is 17.4. The second kappa shape index (κ2) is 67.3. The number of carbonyl (C=O) groups excluding carboxylic acids is 1. The maximum atomic E-state index is 10.8. The monoisotopic (exact) mass is 1780 g/mol. The molecule has 128 heavy (non-hydrogen) atoms. The number of hydrogen-bond acceptors (Lipinski definition) is 25. The highest BCUT2D eigenvalue weighted by Gasteiger charge is 2.21. The fraction of sp³-hybridized carbons (Fsp3) is 0.543. The molecule has 702 valence electrons. The molecule has 3 aliphatic rings. The number of aliphatic imine (C=N–C) groups is 1. The molecule has 0 aliphatic carbocycles. The topological polar surface area (TPSA) is 420 Å². The molecule has 3 aliphatic heterocycles. The predicted molar refractivity (Wildman–Crippen MR) is 518 cm³/mol. The summed E-state index contributed by atoms with van der Waals surface area (Å²) in [6.45, 7) is 67.2. The lowest BCUT2D eigenvalue weighted by molar-refractivity contribution is 0.206. The van der Waals surface area contributed by atoms with Crippen molar-refractivity contribution in [2.24, 2.45) is 32.3 Å². The Kier molecular flexibility index (Phi) is 60.0. The number of nitrogens with one attached hydrogen (secondary N) is 6. The van der Waals surface area contributed by atoms with Crippen LogP contribution in [0.1, 0.15) is 356 Å². The van der Waals surface area contributed by atoms with E-state index in [-0.39, 0.29) is 17.5 Å². The fourth-order valence-electron chi connectivity index (χ4n) is 9.48. The van der Waals surface area contributed by atoms with Crippen LogP contribution in [-0.2, 0) is 0 Å². The molecule has 34 heteroatoms. The van der Waals surface area contributed by atoms with Crippen LogP contribution in [0.3, 0.4) is 0 Å². The van der Waals surface area contributed by atoms with Crippen molar-refractivity contribution >= 4 is 28.8 Å². The first-order chi connectivity index (χ1) is 60.8. The van der Waals surface area contributed by atoms with Crippen LogP contribution in [0.25, 0.3) is 0 Å². The molecular weight excluding hydrogens is 1630 g/mol. The van der Waals surface area contributed by atoms with Gasteiger partial charge in [0.05, 0.1) is 22.6 Å². The van der Waals surface area contributed by atoms with Gasteiger partial charge in [-0.1, -0.05) is 185 Å². The van der Waals surface area contributed by atoms with Crippen molar-refractivity contribution in [1.29, 1.82) is 0 Å². The number of oxazole rings is 1. The number of hydrogen-bond donors (Lipinski definition) is 6. The Morgan fingerprint density at radius 2 is 1.08 bits per heavy atom. The average Bonchev–Trinajstić information content (AvgIpc) is 1.72. The Balaban J connectivity index is 0.000000686. The molecule has 0 radical (unpaired) electrons. The van der Waals surface area contributed by atoms with Gasteiger partial charge in [-0.2, -0.15) is 30.6 Å². The van der Waals surface area contributed by atoms with Gasteiger partial charge in [-0.15, -0.1) is 16.4 Å². The van der Waals surface area contributed by atoms with Gasteiger partial charge in [0.25, 0.3) is 5.56 Å². The largest absolute Gasteiger partial charge is 0.449 e. The average molecular weight is 1780 g/mol. The van der Waals surface area contributed by atoms with Crippen LogP contribution < -0.4 is 10.9 Å². The first-order valence-electron chi connectivity index (χ1n) is 44.3. The minimum absolute atomic E-state index is 0.0741. The van der Waals surface area contributed by atoms with Crippen LogP contribution >= 0.6 is 11.3 Å². The van der Waals surface area contributed by atoms with Gasteiger partial charge in [-0.3, -0.25) is 49.4 Å². The van der Waals surface area contributed by atoms with Crippen molar-refractivity contribution < 1.29 is 9.21 Å². The van der Waals surface area contributed by atoms with Gasteiger partial charge in [0.15, 0.2) is 5.89 Å². The molecule has 0 saturated carbocycles. The maximum Gasteiger partial charge on any atom is 0.317 e. The number of carbonyl (C=O) groups is 1. The maximum absolute atomic E-state index is 10.8. The van der Waals surface area contributed by atoms with Crippen molar-refractivity contribution in [1.82, 2.24) is 130 Å². The van der Waals surface area contributed by atoms with Gasteiger partial charge in [0.2, 0.25) is 0 Å². The van der Waals surface area contributed by atoms with E-state index in [1.807, 2.05) is 118 Å². The summed E-state index contributed by atoms with van der Waals surface area (Å²) in [5.74, 6) is 11.3. The number of thiazole rings is 1. The zero-order chi connectivity index (χ0) is 95.9. The van der Waals surface area contributed by atoms with E-state index in [0.717, 1.165) is 78.0 Å². The summed E-state index contributed by atoms with van der Waals surface area (Å²) in [7, 11) is 0. The van der Waals surface area contributed by atoms with E-state index < -0.39 is 0 Å². The normalized spacial score (nSPS) is 11.9. The zero-order valence-electron chi connectivity index (χ0n) is 82.2. The molecule has 12 aromatic rings. The number of aromatic nitrogens is 24. The lowest BCUT2D eigenvalue weighted by Crippen LogP contribution is -2.33. The van der Waals surface area contributed by atoms with E-state index in [1.54, 1.807) is 90.7 Å². The van der Waals surface area contributed by atoms with Crippen LogP contribution in [0.15, 0.2) is 208 Å². The summed E-state index contributed by atoms with van der Waals surface area (Å²) >= 11 is 1.72. The Morgan fingerprint density at radius 3 is 1.34 bits per heavy atom. The molecule has 1 fully saturated rings. The molecule has 1 saturated heterocycles. The van der Waals surface area contributed by atoms with Crippen LogP contribution in [0.4, 0.5) is 4.79 Å². The smallest absolute Gasteiger partial charge is 0.317 e. The summed E-state index contributed by atoms with van der Waals surface area (Å²) in [5.41, 5.74) is 7.03. The highest BCUT2D eigenvalue weighted by Crippen LogP contribution is 2.19. The molecule has 0 spiro atoms. The molecule has 15 heterocycles. The summed E-state index contributed by atoms with van der Waals surface area (Å²) in [5, 5.41) is 44.6. The van der Waals surface area contributed by atoms with Crippen molar-refractivity contribution in [3.8, 4) is 0 Å². The first-order valence-corrected chi connectivity index (χ1v) is 45.2. The number of pyridine rings is 1. The summed E-state index contributed by atoms with van der Waals surface area (Å²) in [4.78, 5) is 81.7. The highest BCUT2D eigenvalue weighted by atomic mass is 32.1. The molecule has 0 aromatic carbocycles. The number of H-pyrrole nitrogens is 5. The van der Waals surface area contributed by atoms with E-state index >= 15 is 0 Å². The number of allylic oxidation sites excluding steroid dienone is 2. The quantitative estimate of drug-likeness (QED) is 0.0523. The minimum Gasteiger partial charge on any atom is -0.449 e. The van der Waals surface area contributed by atoms with Crippen LogP contribution in [0.5, 0.6) is 0 Å². The van der Waals surface area contributed by atoms with Crippen LogP contribution in [-0.4, -0.2) is 168 Å². The fourth-order valence-corrected chi connectivity index (χ4v) is 10.1. The molecule has 2 amide bonds. The molecule has 12 aromatic heterocycles. The van der Waals surface area contributed by atoms with E-state index in [4.69, 9.17) is 4.42 Å². The van der Waals surface area contributed by atoms with Gasteiger partial charge in [-0.25, -0.2) is 49.7 Å². The van der Waals surface area contributed by atoms with E-state index in [1.165, 1.54) is 47.0 Å². The molecule has 0 atom stereocenters. The SMILES string of the molecule is CC(C)C1=NN=NC1.CC(C)N1CCNC1=O.CC(C)c1ccccn1.CC(C)c1ccn[nH]1.CC(C)c1cnccn1.CC(C)c1ncc[nH]1.CC(C)c1nccc(=O)[nH]1.CC(C)c1ncccn1.CC(C)c1ncco1.CC(C)c1nccs1.CC(C)c1ncn[nH]1.CC(C)c1ncn[nH]1.CC(C)n1cccn1.CC(C)n1cncn1.CCC1=CCC(C(C)C)=N1. The Morgan fingerprint density at radius 1 is 0.461 bits per heavy atom. The van der Waals surface area contributed by atoms with Gasteiger partial charge >= 0.3 is 6.03 Å². The third kappa shape index (κ3) is 52.8. The first kappa shape index (κ1) is 114. The Labute approximate surface area is 766 Å². The van der Waals surface area contributed by atoms with Crippen molar-refractivity contribution in [3.63, 3.8) is 0 Å². The lowest BCUT2D eigenvalue weighted by atomic mass is 10.1. The molecule has 0 unspecified atom stereocenters. The predicted octanol–water partition coefficient (Wildman–Crippen LogP) is 22.3. The van der Waals surface area contributed by atoms with E-state index in [2.05, 4.69) is 315 Å². The van der Waals surface area contributed by atoms with E-state index in [0.29, 0.717) is 89.8 Å². The van der Waals surface area contributed by atoms with Crippen LogP contribution in [0, 0.1) is 11.8 Å². The number of aromatic amines is 5. The Bertz CT molecular complexity index is 4130. The van der Waals surface area contributed by atoms with Gasteiger partial charge in [-0.05, 0) is 113 Å². The number of imidazole rings is 1. The molecule has 15 rings (SSSR count). The Hall–Kier alpha value is -12.0. The zero-order valence-corrected chi connectivity index (χ0v) is 83.0. The number of rotatable bonds is 16. The lowest BCUT2D eigenvalue weighted by Gasteiger charge is -2.17. The summed E-state index contributed by atoms with van der Waals surface area (Å²) < 4.78 is 8.71. The highest BCUT2D eigenvalue weighted by molar-refractivity contribution is 7.09. The standard InChI is InChI=1S/C9H15N.C8H11N.C7H10N2O.2C7H10N2.C6H12N2O.3C6H10N2.C6H9NO.C6H9NS.4C5H9N3/c1-4-8-5-6-9(10-8)7(2)3;1-7(2)8-5-3-4-6-9-8;1-5(2)7-8-4-3-6(10)9-7;1-6(2)7-5-8-3-4-9-7;1-6(2)7-8-4-3-5-9-7;1-5(2)8-4-3-7-6(8)9;1-6(2)8-5-3-4-7-8;1-5(2)6-7-3-4-8-6;1-5(2)6-3-4-7-8-6;2*1-5(2)6-7-3-4-8-6;1-5(2)8-4-6-3-7-8;2*1-4(2)5-6-3-7-8-5;1-4(2)5-3-6-8-7-5/h5,7H,4,6H2,1-3H3;3-7H,1-2H3;3-5H,1-2H3,(H,8,9,10);2*3-6H,1-2H3;5H,3-4H2,1-2H3,(H,7,9);3-6H,1-2H3;2*3-5H,1-2H3,(H,7,8);3*3-5H,1-2H3;2*3-4H,1-2H3,(H,6,7,8);4H,3H2,1-2H3. The van der Waals surface area contributed by atoms with Gasteiger partial charge < -0.3 is 24.6 Å². The van der Waals surface area contributed by atoms with E-state index in [9.17, 15) is 9.59 Å². The van der Waals surface area contributed by atoms with Crippen molar-refractivity contribution in [3.05, 3.63) is 245 Å². The molecular formula is C94H152N30O3S. The molecule has 33 nitrogen and oxygen atoms in total. The summed E-state index contributed by atoms with van der Waals surface area (Å²) in [6.07, 6.45) is 37.0. The van der Waals surface area contributed by atoms with Crippen molar-refractivity contribution in [2.45, 2.75) is 305 Å². The second-order valence-electron chi connectivity index (χ2n) is 33.5. The van der Waals surface area contributed by atoms with Gasteiger partial charge in [0.1, 0.15) is 67.2 Å². The summed E-state index contributed by atoms with van der Waals surface area (Å²) in [6, 6.07) is 14.5. The van der Waals surface area contributed by atoms with Crippen LogP contribution in [0.2, 0.25) is 0 Å². The van der Waals surface area contributed by atoms with Gasteiger partial charge in [0, 0.05) is 194 Å².